The molecule has 118 valence electrons. The lowest BCUT2D eigenvalue weighted by atomic mass is 9.85. The SMILES string of the molecule is CC1(C)CCCN(S(=O)(=O)c2ccc(CCCl)cc2)CC1. The minimum absolute atomic E-state index is 0.231. The highest BCUT2D eigenvalue weighted by atomic mass is 35.5. The molecule has 21 heavy (non-hydrogen) atoms. The summed E-state index contributed by atoms with van der Waals surface area (Å²) in [5.74, 6) is 0.549. The Kier molecular flexibility index (Phi) is 5.33. The van der Waals surface area contributed by atoms with Gasteiger partial charge in [-0.2, -0.15) is 4.31 Å². The standard InChI is InChI=1S/C16H24ClNO2S/c1-16(2)9-3-12-18(13-10-16)21(19,20)15-6-4-14(5-7-15)8-11-17/h4-7H,3,8-13H2,1-2H3. The fourth-order valence-corrected chi connectivity index (χ4v) is 4.42. The van der Waals surface area contributed by atoms with E-state index < -0.39 is 10.0 Å². The molecule has 2 rings (SSSR count). The number of benzene rings is 1. The Hall–Kier alpha value is -0.580. The fraction of sp³-hybridized carbons (Fsp3) is 0.625. The predicted molar refractivity (Wildman–Crippen MR) is 87.3 cm³/mol. The third-order valence-electron chi connectivity index (χ3n) is 4.24. The lowest BCUT2D eigenvalue weighted by molar-refractivity contribution is 0.315. The van der Waals surface area contributed by atoms with Crippen molar-refractivity contribution in [3.05, 3.63) is 29.8 Å². The van der Waals surface area contributed by atoms with Crippen LogP contribution in [0.5, 0.6) is 0 Å². The Morgan fingerprint density at radius 1 is 1.14 bits per heavy atom. The van der Waals surface area contributed by atoms with Gasteiger partial charge in [-0.1, -0.05) is 26.0 Å². The largest absolute Gasteiger partial charge is 0.243 e. The third-order valence-corrected chi connectivity index (χ3v) is 6.35. The Balaban J connectivity index is 2.17. The summed E-state index contributed by atoms with van der Waals surface area (Å²) in [7, 11) is -3.37. The molecule has 0 saturated carbocycles. The number of sulfonamides is 1. The van der Waals surface area contributed by atoms with Crippen molar-refractivity contribution in [2.75, 3.05) is 19.0 Å². The van der Waals surface area contributed by atoms with Crippen molar-refractivity contribution in [2.24, 2.45) is 5.41 Å². The van der Waals surface area contributed by atoms with Gasteiger partial charge in [0.2, 0.25) is 10.0 Å². The summed E-state index contributed by atoms with van der Waals surface area (Å²) in [6.07, 6.45) is 3.68. The Bertz CT molecular complexity index is 566. The molecule has 1 saturated heterocycles. The second kappa shape index (κ2) is 6.67. The van der Waals surface area contributed by atoms with Crippen LogP contribution < -0.4 is 0 Å². The van der Waals surface area contributed by atoms with E-state index in [9.17, 15) is 8.42 Å². The van der Waals surface area contributed by atoms with E-state index in [1.54, 1.807) is 16.4 Å². The summed E-state index contributed by atoms with van der Waals surface area (Å²) >= 11 is 5.71. The van der Waals surface area contributed by atoms with Gasteiger partial charge in [0, 0.05) is 19.0 Å². The maximum atomic E-state index is 12.7. The molecular formula is C16H24ClNO2S. The molecule has 1 aromatic rings. The number of hydrogen-bond donors (Lipinski definition) is 0. The first-order valence-corrected chi connectivity index (χ1v) is 9.48. The van der Waals surface area contributed by atoms with Crippen molar-refractivity contribution in [1.29, 1.82) is 0 Å². The van der Waals surface area contributed by atoms with Crippen LogP contribution in [0.4, 0.5) is 0 Å². The Labute approximate surface area is 133 Å². The predicted octanol–water partition coefficient (Wildman–Crippen LogP) is 3.67. The van der Waals surface area contributed by atoms with Gasteiger partial charge in [-0.15, -0.1) is 11.6 Å². The average molecular weight is 330 g/mol. The maximum absolute atomic E-state index is 12.7. The molecule has 3 nitrogen and oxygen atoms in total. The molecular weight excluding hydrogens is 306 g/mol. The van der Waals surface area contributed by atoms with Gasteiger partial charge in [0.15, 0.2) is 0 Å². The second-order valence-corrected chi connectivity index (χ2v) is 8.82. The van der Waals surface area contributed by atoms with E-state index in [0.29, 0.717) is 23.9 Å². The smallest absolute Gasteiger partial charge is 0.207 e. The zero-order valence-corrected chi connectivity index (χ0v) is 14.4. The van der Waals surface area contributed by atoms with Crippen LogP contribution in [0.15, 0.2) is 29.2 Å². The number of aryl methyl sites for hydroxylation is 1. The monoisotopic (exact) mass is 329 g/mol. The molecule has 0 unspecified atom stereocenters. The molecule has 5 heteroatoms. The molecule has 1 heterocycles. The maximum Gasteiger partial charge on any atom is 0.243 e. The first-order chi connectivity index (χ1) is 9.85. The van der Waals surface area contributed by atoms with Gasteiger partial charge in [-0.3, -0.25) is 0 Å². The molecule has 1 aliphatic rings. The van der Waals surface area contributed by atoms with Gasteiger partial charge in [0.1, 0.15) is 0 Å². The van der Waals surface area contributed by atoms with Crippen LogP contribution in [0.1, 0.15) is 38.7 Å². The van der Waals surface area contributed by atoms with E-state index in [-0.39, 0.29) is 5.41 Å². The van der Waals surface area contributed by atoms with Crippen molar-refractivity contribution in [3.8, 4) is 0 Å². The summed E-state index contributed by atoms with van der Waals surface area (Å²) in [5, 5.41) is 0. The first-order valence-electron chi connectivity index (χ1n) is 7.50. The lowest BCUT2D eigenvalue weighted by Crippen LogP contribution is -2.32. The van der Waals surface area contributed by atoms with Crippen molar-refractivity contribution in [1.82, 2.24) is 4.31 Å². The lowest BCUT2D eigenvalue weighted by Gasteiger charge is -2.23. The van der Waals surface area contributed by atoms with Crippen LogP contribution >= 0.6 is 11.6 Å². The normalized spacial score (nSPS) is 20.1. The van der Waals surface area contributed by atoms with Crippen LogP contribution in [0.2, 0.25) is 0 Å². The van der Waals surface area contributed by atoms with E-state index in [4.69, 9.17) is 11.6 Å². The van der Waals surface area contributed by atoms with Crippen LogP contribution in [-0.2, 0) is 16.4 Å². The molecule has 1 aliphatic heterocycles. The van der Waals surface area contributed by atoms with E-state index >= 15 is 0 Å². The second-order valence-electron chi connectivity index (χ2n) is 6.50. The summed E-state index contributed by atoms with van der Waals surface area (Å²) in [5.41, 5.74) is 1.30. The number of alkyl halides is 1. The van der Waals surface area contributed by atoms with E-state index in [1.165, 1.54) is 0 Å². The fourth-order valence-electron chi connectivity index (χ4n) is 2.72. The zero-order valence-electron chi connectivity index (χ0n) is 12.8. The third kappa shape index (κ3) is 4.21. The molecule has 0 spiro atoms. The highest BCUT2D eigenvalue weighted by Gasteiger charge is 2.30. The summed E-state index contributed by atoms with van der Waals surface area (Å²) in [6.45, 7) is 5.65. The molecule has 0 N–H and O–H groups in total. The summed E-state index contributed by atoms with van der Waals surface area (Å²) in [6, 6.07) is 7.12. The summed E-state index contributed by atoms with van der Waals surface area (Å²) in [4.78, 5) is 0.389. The van der Waals surface area contributed by atoms with Gasteiger partial charge in [0.25, 0.3) is 0 Å². The van der Waals surface area contributed by atoms with Gasteiger partial charge in [-0.05, 0) is 48.8 Å². The van der Waals surface area contributed by atoms with Gasteiger partial charge < -0.3 is 0 Å². The molecule has 0 aliphatic carbocycles. The zero-order chi connectivity index (χ0) is 15.5. The van der Waals surface area contributed by atoms with Crippen LogP contribution in [0.3, 0.4) is 0 Å². The Morgan fingerprint density at radius 3 is 2.43 bits per heavy atom. The van der Waals surface area contributed by atoms with Crippen molar-refractivity contribution >= 4 is 21.6 Å². The van der Waals surface area contributed by atoms with Crippen LogP contribution in [0.25, 0.3) is 0 Å². The number of rotatable bonds is 4. The molecule has 0 radical (unpaired) electrons. The molecule has 0 bridgehead atoms. The van der Waals surface area contributed by atoms with E-state index in [0.717, 1.165) is 31.2 Å². The highest BCUT2D eigenvalue weighted by molar-refractivity contribution is 7.89. The average Bonchev–Trinajstić information content (AvgIpc) is 2.61. The van der Waals surface area contributed by atoms with Gasteiger partial charge >= 0.3 is 0 Å². The van der Waals surface area contributed by atoms with Crippen LogP contribution in [0, 0.1) is 5.41 Å². The molecule has 0 atom stereocenters. The minimum atomic E-state index is -3.37. The van der Waals surface area contributed by atoms with Gasteiger partial charge in [0.05, 0.1) is 4.90 Å². The Morgan fingerprint density at radius 2 is 1.81 bits per heavy atom. The van der Waals surface area contributed by atoms with E-state index in [1.807, 2.05) is 12.1 Å². The molecule has 0 aromatic heterocycles. The van der Waals surface area contributed by atoms with Crippen molar-refractivity contribution < 1.29 is 8.42 Å². The molecule has 1 fully saturated rings. The van der Waals surface area contributed by atoms with Crippen molar-refractivity contribution in [2.45, 2.75) is 44.4 Å². The summed E-state index contributed by atoms with van der Waals surface area (Å²) < 4.78 is 27.1. The van der Waals surface area contributed by atoms with E-state index in [2.05, 4.69) is 13.8 Å². The molecule has 0 amide bonds. The number of hydrogen-bond acceptors (Lipinski definition) is 2. The molecule has 1 aromatic carbocycles. The number of nitrogens with zero attached hydrogens (tertiary/aromatic N) is 1. The number of halogens is 1. The minimum Gasteiger partial charge on any atom is -0.207 e. The van der Waals surface area contributed by atoms with Crippen molar-refractivity contribution in [3.63, 3.8) is 0 Å². The topological polar surface area (TPSA) is 37.4 Å². The van der Waals surface area contributed by atoms with Gasteiger partial charge in [-0.25, -0.2) is 8.42 Å². The quantitative estimate of drug-likeness (QED) is 0.790. The van der Waals surface area contributed by atoms with Crippen LogP contribution in [-0.4, -0.2) is 31.7 Å². The highest BCUT2D eigenvalue weighted by Crippen LogP contribution is 2.31. The first kappa shape index (κ1) is 16.8.